The number of rotatable bonds is 9. The van der Waals surface area contributed by atoms with Gasteiger partial charge in [0.15, 0.2) is 13.2 Å². The molecule has 0 saturated carbocycles. The number of amides is 1. The van der Waals surface area contributed by atoms with E-state index >= 15 is 0 Å². The molecular weight excluding hydrogens is 398 g/mol. The zero-order valence-electron chi connectivity index (χ0n) is 17.2. The van der Waals surface area contributed by atoms with Gasteiger partial charge in [-0.1, -0.05) is 48.5 Å². The van der Waals surface area contributed by atoms with Crippen LogP contribution < -0.4 is 9.64 Å². The fourth-order valence-corrected chi connectivity index (χ4v) is 2.93. The maximum atomic E-state index is 12.6. The van der Waals surface area contributed by atoms with E-state index in [4.69, 9.17) is 14.2 Å². The van der Waals surface area contributed by atoms with Crippen LogP contribution in [0.15, 0.2) is 72.8 Å². The number of benzene rings is 3. The molecule has 0 N–H and O–H groups in total. The number of ether oxygens (including phenoxy) is 3. The van der Waals surface area contributed by atoms with Gasteiger partial charge in [-0.25, -0.2) is 4.79 Å². The van der Waals surface area contributed by atoms with Gasteiger partial charge in [-0.3, -0.25) is 14.5 Å². The molecule has 3 aromatic carbocycles. The summed E-state index contributed by atoms with van der Waals surface area (Å²) in [4.78, 5) is 37.8. The summed E-state index contributed by atoms with van der Waals surface area (Å²) in [6.07, 6.45) is 0. The molecule has 0 bridgehead atoms. The predicted octanol–water partition coefficient (Wildman–Crippen LogP) is 3.36. The number of carbonyl (C=O) groups excluding carboxylic acids is 3. The SMILES string of the molecule is CCOC(=O)CN(C(=O)COC(=O)COc1ccc2ccccc2c1)c1ccccc1. The fraction of sp³-hybridized carbons (Fsp3) is 0.208. The normalized spacial score (nSPS) is 10.4. The minimum atomic E-state index is -0.689. The summed E-state index contributed by atoms with van der Waals surface area (Å²) in [5.41, 5.74) is 0.504. The van der Waals surface area contributed by atoms with E-state index in [0.29, 0.717) is 11.4 Å². The number of hydrogen-bond donors (Lipinski definition) is 0. The lowest BCUT2D eigenvalue weighted by Gasteiger charge is -2.21. The van der Waals surface area contributed by atoms with Crippen LogP contribution in [0.5, 0.6) is 5.75 Å². The highest BCUT2D eigenvalue weighted by molar-refractivity contribution is 5.99. The van der Waals surface area contributed by atoms with Crippen molar-refractivity contribution in [1.82, 2.24) is 0 Å². The maximum absolute atomic E-state index is 12.6. The average molecular weight is 421 g/mol. The Hall–Kier alpha value is -3.87. The number of nitrogens with zero attached hydrogens (tertiary/aromatic N) is 1. The van der Waals surface area contributed by atoms with Crippen molar-refractivity contribution in [3.63, 3.8) is 0 Å². The number of para-hydroxylation sites is 1. The molecule has 0 spiro atoms. The maximum Gasteiger partial charge on any atom is 0.344 e. The van der Waals surface area contributed by atoms with Crippen LogP contribution in [0.4, 0.5) is 5.69 Å². The summed E-state index contributed by atoms with van der Waals surface area (Å²) >= 11 is 0. The Balaban J connectivity index is 1.55. The summed E-state index contributed by atoms with van der Waals surface area (Å²) in [5, 5.41) is 2.05. The summed E-state index contributed by atoms with van der Waals surface area (Å²) in [6, 6.07) is 21.9. The number of anilines is 1. The van der Waals surface area contributed by atoms with E-state index < -0.39 is 24.5 Å². The van der Waals surface area contributed by atoms with Gasteiger partial charge >= 0.3 is 11.9 Å². The molecule has 0 aliphatic rings. The predicted molar refractivity (Wildman–Crippen MR) is 116 cm³/mol. The largest absolute Gasteiger partial charge is 0.482 e. The van der Waals surface area contributed by atoms with Gasteiger partial charge in [0.25, 0.3) is 5.91 Å². The minimum absolute atomic E-state index is 0.205. The lowest BCUT2D eigenvalue weighted by atomic mass is 10.1. The Morgan fingerprint density at radius 2 is 1.48 bits per heavy atom. The number of esters is 2. The Morgan fingerprint density at radius 1 is 0.774 bits per heavy atom. The first-order chi connectivity index (χ1) is 15.1. The smallest absolute Gasteiger partial charge is 0.344 e. The first-order valence-electron chi connectivity index (χ1n) is 9.85. The molecule has 0 fully saturated rings. The second-order valence-electron chi connectivity index (χ2n) is 6.58. The van der Waals surface area contributed by atoms with Crippen molar-refractivity contribution >= 4 is 34.3 Å². The lowest BCUT2D eigenvalue weighted by molar-refractivity contribution is -0.150. The molecule has 160 valence electrons. The first kappa shape index (κ1) is 21.8. The van der Waals surface area contributed by atoms with Crippen molar-refractivity contribution in [3.8, 4) is 5.75 Å². The topological polar surface area (TPSA) is 82.1 Å². The van der Waals surface area contributed by atoms with Gasteiger partial charge in [0.2, 0.25) is 0 Å². The molecule has 0 atom stereocenters. The standard InChI is InChI=1S/C24H23NO6/c1-2-29-23(27)15-25(20-10-4-3-5-11-20)22(26)16-31-24(28)17-30-21-13-12-18-8-6-7-9-19(18)14-21/h3-14H,2,15-17H2,1H3. The lowest BCUT2D eigenvalue weighted by Crippen LogP contribution is -2.39. The number of carbonyl (C=O) groups is 3. The van der Waals surface area contributed by atoms with Gasteiger partial charge in [0.05, 0.1) is 6.61 Å². The van der Waals surface area contributed by atoms with Crippen LogP contribution in [-0.4, -0.2) is 44.2 Å². The second-order valence-corrected chi connectivity index (χ2v) is 6.58. The van der Waals surface area contributed by atoms with E-state index in [1.165, 1.54) is 4.90 Å². The van der Waals surface area contributed by atoms with Gasteiger partial charge in [-0.05, 0) is 42.0 Å². The molecule has 0 unspecified atom stereocenters. The van der Waals surface area contributed by atoms with Crippen molar-refractivity contribution in [2.24, 2.45) is 0 Å². The summed E-state index contributed by atoms with van der Waals surface area (Å²) in [7, 11) is 0. The van der Waals surface area contributed by atoms with Crippen LogP contribution in [0.1, 0.15) is 6.92 Å². The van der Waals surface area contributed by atoms with E-state index in [-0.39, 0.29) is 19.8 Å². The zero-order chi connectivity index (χ0) is 22.1. The molecule has 3 aromatic rings. The average Bonchev–Trinajstić information content (AvgIpc) is 2.80. The van der Waals surface area contributed by atoms with E-state index in [0.717, 1.165) is 10.8 Å². The molecule has 0 radical (unpaired) electrons. The minimum Gasteiger partial charge on any atom is -0.482 e. The van der Waals surface area contributed by atoms with Crippen molar-refractivity contribution in [1.29, 1.82) is 0 Å². The molecule has 7 nitrogen and oxygen atoms in total. The van der Waals surface area contributed by atoms with Gasteiger partial charge in [0, 0.05) is 5.69 Å². The highest BCUT2D eigenvalue weighted by Gasteiger charge is 2.21. The van der Waals surface area contributed by atoms with E-state index in [9.17, 15) is 14.4 Å². The van der Waals surface area contributed by atoms with Crippen LogP contribution in [0, 0.1) is 0 Å². The quantitative estimate of drug-likeness (QED) is 0.493. The molecular formula is C24H23NO6. The summed E-state index contributed by atoms with van der Waals surface area (Å²) in [5.74, 6) is -1.26. The third-order valence-electron chi connectivity index (χ3n) is 4.40. The van der Waals surface area contributed by atoms with Crippen LogP contribution >= 0.6 is 0 Å². The van der Waals surface area contributed by atoms with Gasteiger partial charge in [0.1, 0.15) is 12.3 Å². The van der Waals surface area contributed by atoms with Crippen molar-refractivity contribution in [2.45, 2.75) is 6.92 Å². The summed E-state index contributed by atoms with van der Waals surface area (Å²) in [6.45, 7) is 0.755. The van der Waals surface area contributed by atoms with Crippen LogP contribution in [-0.2, 0) is 23.9 Å². The van der Waals surface area contributed by atoms with Gasteiger partial charge < -0.3 is 14.2 Å². The Kier molecular flexibility index (Phi) is 7.59. The summed E-state index contributed by atoms with van der Waals surface area (Å²) < 4.78 is 15.5. The third kappa shape index (κ3) is 6.30. The third-order valence-corrected chi connectivity index (χ3v) is 4.40. The van der Waals surface area contributed by atoms with E-state index in [2.05, 4.69) is 0 Å². The van der Waals surface area contributed by atoms with Gasteiger partial charge in [-0.15, -0.1) is 0 Å². The highest BCUT2D eigenvalue weighted by atomic mass is 16.6. The van der Waals surface area contributed by atoms with Crippen molar-refractivity contribution < 1.29 is 28.6 Å². The second kappa shape index (κ2) is 10.8. The van der Waals surface area contributed by atoms with E-state index in [1.807, 2.05) is 36.4 Å². The Labute approximate surface area is 180 Å². The van der Waals surface area contributed by atoms with Crippen molar-refractivity contribution in [2.75, 3.05) is 31.3 Å². The molecule has 3 rings (SSSR count). The van der Waals surface area contributed by atoms with Crippen LogP contribution in [0.3, 0.4) is 0 Å². The molecule has 1 amide bonds. The molecule has 7 heteroatoms. The number of fused-ring (bicyclic) bond motifs is 1. The monoisotopic (exact) mass is 421 g/mol. The molecule has 0 aliphatic heterocycles. The molecule has 0 aliphatic carbocycles. The fourth-order valence-electron chi connectivity index (χ4n) is 2.93. The zero-order valence-corrected chi connectivity index (χ0v) is 17.2. The van der Waals surface area contributed by atoms with Crippen LogP contribution in [0.2, 0.25) is 0 Å². The Morgan fingerprint density at radius 3 is 2.23 bits per heavy atom. The molecule has 0 saturated heterocycles. The van der Waals surface area contributed by atoms with Crippen molar-refractivity contribution in [3.05, 3.63) is 72.8 Å². The number of hydrogen-bond acceptors (Lipinski definition) is 6. The molecule has 31 heavy (non-hydrogen) atoms. The molecule has 0 aromatic heterocycles. The first-order valence-corrected chi connectivity index (χ1v) is 9.85. The Bertz CT molecular complexity index is 1050. The van der Waals surface area contributed by atoms with Crippen LogP contribution in [0.25, 0.3) is 10.8 Å². The van der Waals surface area contributed by atoms with Gasteiger partial charge in [-0.2, -0.15) is 0 Å². The highest BCUT2D eigenvalue weighted by Crippen LogP contribution is 2.20. The molecule has 0 heterocycles. The van der Waals surface area contributed by atoms with E-state index in [1.54, 1.807) is 43.3 Å².